The second-order valence-electron chi connectivity index (χ2n) is 3.15. The van der Waals surface area contributed by atoms with E-state index in [-0.39, 0.29) is 0 Å². The third-order valence-electron chi connectivity index (χ3n) is 2.09. The maximum atomic E-state index is 12.2. The van der Waals surface area contributed by atoms with E-state index in [0.29, 0.717) is 19.6 Å². The van der Waals surface area contributed by atoms with Gasteiger partial charge in [-0.15, -0.1) is 0 Å². The third-order valence-corrected chi connectivity index (χ3v) is 4.31. The highest BCUT2D eigenvalue weighted by Gasteiger charge is 2.41. The number of rotatable bonds is 6. The normalized spacial score (nSPS) is 21.3. The summed E-state index contributed by atoms with van der Waals surface area (Å²) >= 11 is 0. The highest BCUT2D eigenvalue weighted by molar-refractivity contribution is 7.54. The molecular weight excluding hydrogens is 217 g/mol. The minimum absolute atomic E-state index is 0.346. The Balaban J connectivity index is 2.63. The van der Waals surface area contributed by atoms with E-state index in [0.717, 1.165) is 12.1 Å². The molecule has 0 radical (unpaired) electrons. The lowest BCUT2D eigenvalue weighted by Crippen LogP contribution is -2.13. The first-order valence-corrected chi connectivity index (χ1v) is 6.87. The van der Waals surface area contributed by atoms with E-state index >= 15 is 0 Å². The molecule has 0 N–H and O–H groups in total. The zero-order valence-corrected chi connectivity index (χ0v) is 10.3. The predicted octanol–water partition coefficient (Wildman–Crippen LogP) is 2.76. The second-order valence-corrected chi connectivity index (χ2v) is 5.32. The Morgan fingerprint density at radius 2 is 2.00 bits per heavy atom. The zero-order chi connectivity index (χ0) is 11.3. The van der Waals surface area contributed by atoms with Gasteiger partial charge in [-0.1, -0.05) is 12.1 Å². The van der Waals surface area contributed by atoms with Crippen LogP contribution in [0.1, 0.15) is 33.6 Å². The molecule has 0 aromatic rings. The number of hydrogen-bond acceptors (Lipinski definition) is 5. The summed E-state index contributed by atoms with van der Waals surface area (Å²) in [4.78, 5) is 5.10. The predicted molar refractivity (Wildman–Crippen MR) is 58.1 cm³/mol. The minimum Gasteiger partial charge on any atom is -0.379 e. The van der Waals surface area contributed by atoms with Gasteiger partial charge in [-0.3, -0.25) is 4.57 Å². The van der Waals surface area contributed by atoms with E-state index in [1.165, 1.54) is 0 Å². The van der Waals surface area contributed by atoms with Crippen molar-refractivity contribution in [3.05, 3.63) is 0 Å². The molecule has 15 heavy (non-hydrogen) atoms. The van der Waals surface area contributed by atoms with Gasteiger partial charge in [0.25, 0.3) is 0 Å². The fourth-order valence-electron chi connectivity index (χ4n) is 1.35. The molecule has 1 aliphatic rings. The quantitative estimate of drug-likeness (QED) is 0.664. The molecule has 5 nitrogen and oxygen atoms in total. The van der Waals surface area contributed by atoms with E-state index < -0.39 is 13.4 Å². The summed E-state index contributed by atoms with van der Waals surface area (Å²) in [5.41, 5.74) is 0.902. The van der Waals surface area contributed by atoms with Crippen LogP contribution in [0, 0.1) is 0 Å². The van der Waals surface area contributed by atoms with Crippen molar-refractivity contribution < 1.29 is 18.5 Å². The van der Waals surface area contributed by atoms with Crippen LogP contribution in [0.4, 0.5) is 0 Å². The van der Waals surface area contributed by atoms with E-state index in [9.17, 15) is 4.57 Å². The topological polar surface area (TPSA) is 57.1 Å². The van der Waals surface area contributed by atoms with Crippen LogP contribution in [0.25, 0.3) is 0 Å². The van der Waals surface area contributed by atoms with Gasteiger partial charge in [0, 0.05) is 6.42 Å². The maximum absolute atomic E-state index is 12.2. The largest absolute Gasteiger partial charge is 0.379 e. The van der Waals surface area contributed by atoms with Crippen LogP contribution in [0.15, 0.2) is 5.16 Å². The van der Waals surface area contributed by atoms with Gasteiger partial charge in [-0.05, 0) is 20.3 Å². The minimum atomic E-state index is -3.15. The van der Waals surface area contributed by atoms with E-state index in [1.54, 1.807) is 13.8 Å². The molecule has 0 bridgehead atoms. The smallest absolute Gasteiger partial charge is 0.374 e. The molecule has 1 heterocycles. The van der Waals surface area contributed by atoms with Crippen molar-refractivity contribution in [2.45, 2.75) is 39.5 Å². The Labute approximate surface area is 90.3 Å². The van der Waals surface area contributed by atoms with Gasteiger partial charge in [0.1, 0.15) is 0 Å². The van der Waals surface area contributed by atoms with Gasteiger partial charge in [-0.2, -0.15) is 0 Å². The number of oxime groups is 1. The van der Waals surface area contributed by atoms with Crippen LogP contribution < -0.4 is 0 Å². The molecule has 1 aliphatic heterocycles. The van der Waals surface area contributed by atoms with Crippen LogP contribution in [-0.2, 0) is 18.5 Å². The van der Waals surface area contributed by atoms with E-state index in [4.69, 9.17) is 13.9 Å². The number of nitrogens with zero attached hydrogens (tertiary/aromatic N) is 1. The molecule has 0 saturated heterocycles. The molecule has 1 atom stereocenters. The Morgan fingerprint density at radius 1 is 1.40 bits per heavy atom. The summed E-state index contributed by atoms with van der Waals surface area (Å²) in [7, 11) is -3.15. The van der Waals surface area contributed by atoms with Gasteiger partial charge in [0.15, 0.2) is 0 Å². The van der Waals surface area contributed by atoms with Crippen LogP contribution >= 0.6 is 7.60 Å². The van der Waals surface area contributed by atoms with Gasteiger partial charge < -0.3 is 13.9 Å². The first-order chi connectivity index (χ1) is 7.16. The molecule has 0 fully saturated rings. The first-order valence-electron chi connectivity index (χ1n) is 5.26. The lowest BCUT2D eigenvalue weighted by Gasteiger charge is -2.20. The van der Waals surface area contributed by atoms with Crippen molar-refractivity contribution in [2.24, 2.45) is 5.16 Å². The summed E-state index contributed by atoms with van der Waals surface area (Å²) in [5.74, 6) is -0.563. The molecule has 88 valence electrons. The lowest BCUT2D eigenvalue weighted by atomic mass is 10.2. The average molecular weight is 235 g/mol. The van der Waals surface area contributed by atoms with Gasteiger partial charge in [-0.25, -0.2) is 0 Å². The maximum Gasteiger partial charge on any atom is 0.374 e. The van der Waals surface area contributed by atoms with E-state index in [2.05, 4.69) is 5.16 Å². The van der Waals surface area contributed by atoms with Crippen molar-refractivity contribution in [1.29, 1.82) is 0 Å². The molecule has 0 aromatic heterocycles. The summed E-state index contributed by atoms with van der Waals surface area (Å²) in [6.45, 7) is 6.23. The molecule has 0 aromatic carbocycles. The molecule has 6 heteroatoms. The Kier molecular flexibility index (Phi) is 4.77. The number of hydrogen-bond donors (Lipinski definition) is 0. The van der Waals surface area contributed by atoms with Crippen molar-refractivity contribution in [3.63, 3.8) is 0 Å². The standard InChI is InChI=1S/C9H18NO4P/c1-4-8-7-9(14-10-8)15(11,12-5-2)13-6-3/h9H,4-7H2,1-3H3/t9-/m0/s1. The zero-order valence-electron chi connectivity index (χ0n) is 9.43. The molecule has 0 amide bonds. The lowest BCUT2D eigenvalue weighted by molar-refractivity contribution is 0.0958. The van der Waals surface area contributed by atoms with Crippen molar-refractivity contribution in [2.75, 3.05) is 13.2 Å². The highest BCUT2D eigenvalue weighted by atomic mass is 31.2. The highest BCUT2D eigenvalue weighted by Crippen LogP contribution is 2.56. The third kappa shape index (κ3) is 3.03. The summed E-state index contributed by atoms with van der Waals surface area (Å²) in [6.07, 6.45) is 1.34. The Morgan fingerprint density at radius 3 is 2.40 bits per heavy atom. The average Bonchev–Trinajstić information content (AvgIpc) is 2.67. The van der Waals surface area contributed by atoms with Crippen molar-refractivity contribution in [1.82, 2.24) is 0 Å². The van der Waals surface area contributed by atoms with Crippen LogP contribution in [0.2, 0.25) is 0 Å². The molecule has 0 aliphatic carbocycles. The monoisotopic (exact) mass is 235 g/mol. The summed E-state index contributed by atoms with van der Waals surface area (Å²) in [5, 5.41) is 3.85. The van der Waals surface area contributed by atoms with Crippen LogP contribution in [0.3, 0.4) is 0 Å². The first kappa shape index (κ1) is 12.7. The summed E-state index contributed by atoms with van der Waals surface area (Å²) in [6, 6.07) is 0. The van der Waals surface area contributed by atoms with Crippen LogP contribution in [-0.4, -0.2) is 24.8 Å². The van der Waals surface area contributed by atoms with Crippen LogP contribution in [0.5, 0.6) is 0 Å². The van der Waals surface area contributed by atoms with E-state index in [1.807, 2.05) is 6.92 Å². The Hall–Kier alpha value is -0.380. The SMILES string of the molecule is CCOP(=O)(OCC)[C@H]1CC(CC)=NO1. The van der Waals surface area contributed by atoms with Crippen molar-refractivity contribution >= 4 is 13.3 Å². The van der Waals surface area contributed by atoms with Gasteiger partial charge in [0.2, 0.25) is 5.85 Å². The summed E-state index contributed by atoms with van der Waals surface area (Å²) < 4.78 is 22.6. The Bertz CT molecular complexity index is 269. The van der Waals surface area contributed by atoms with Gasteiger partial charge >= 0.3 is 7.60 Å². The van der Waals surface area contributed by atoms with Crippen molar-refractivity contribution in [3.8, 4) is 0 Å². The second kappa shape index (κ2) is 5.64. The van der Waals surface area contributed by atoms with Gasteiger partial charge in [0.05, 0.1) is 18.9 Å². The fourth-order valence-corrected chi connectivity index (χ4v) is 3.08. The fraction of sp³-hybridized carbons (Fsp3) is 0.889. The molecule has 0 saturated carbocycles. The molecule has 1 rings (SSSR count). The molecule has 0 spiro atoms. The molecular formula is C9H18NO4P. The molecule has 0 unspecified atom stereocenters.